The Balaban J connectivity index is 2.02. The van der Waals surface area contributed by atoms with Crippen LogP contribution in [-0.4, -0.2) is 39.1 Å². The summed E-state index contributed by atoms with van der Waals surface area (Å²) in [5.41, 5.74) is 3.37. The molecule has 1 atom stereocenters. The topological polar surface area (TPSA) is 32.7 Å². The third kappa shape index (κ3) is 6.01. The summed E-state index contributed by atoms with van der Waals surface area (Å²) in [5, 5.41) is 9.01. The molecule has 0 radical (unpaired) electrons. The smallest absolute Gasteiger partial charge is 0.132 e. The van der Waals surface area contributed by atoms with Crippen LogP contribution in [-0.2, 0) is 0 Å². The Morgan fingerprint density at radius 1 is 1.12 bits per heavy atom. The minimum absolute atomic E-state index is 0.177. The number of anilines is 1. The highest BCUT2D eigenvalue weighted by Crippen LogP contribution is 2.24. The molecule has 0 bridgehead atoms. The van der Waals surface area contributed by atoms with E-state index in [2.05, 4.69) is 63.9 Å². The zero-order chi connectivity index (χ0) is 18.2. The number of aliphatic hydroxyl groups excluding tert-OH is 1. The molecule has 2 aromatic rings. The Labute approximate surface area is 162 Å². The molecule has 0 heterocycles. The van der Waals surface area contributed by atoms with Crippen molar-refractivity contribution in [2.24, 2.45) is 5.92 Å². The molecule has 25 heavy (non-hydrogen) atoms. The minimum atomic E-state index is -0.583. The van der Waals surface area contributed by atoms with E-state index in [0.717, 1.165) is 14.7 Å². The van der Waals surface area contributed by atoms with Crippen molar-refractivity contribution in [2.45, 2.75) is 0 Å². The third-order valence-corrected chi connectivity index (χ3v) is 4.63. The first kappa shape index (κ1) is 19.7. The number of rotatable bonds is 8. The van der Waals surface area contributed by atoms with E-state index in [1.54, 1.807) is 0 Å². The van der Waals surface area contributed by atoms with Crippen molar-refractivity contribution < 1.29 is 14.2 Å². The van der Waals surface area contributed by atoms with Crippen LogP contribution >= 0.6 is 22.6 Å². The average Bonchev–Trinajstić information content (AvgIpc) is 2.62. The highest BCUT2D eigenvalue weighted by molar-refractivity contribution is 14.1. The number of ether oxygens (including phenoxy) is 1. The van der Waals surface area contributed by atoms with Crippen LogP contribution < -0.4 is 9.64 Å². The lowest BCUT2D eigenvalue weighted by atomic mass is 10.1. The third-order valence-electron chi connectivity index (χ3n) is 3.78. The zero-order valence-corrected chi connectivity index (χ0v) is 16.6. The van der Waals surface area contributed by atoms with Gasteiger partial charge in [0.2, 0.25) is 0 Å². The molecule has 1 N–H and O–H groups in total. The predicted molar refractivity (Wildman–Crippen MR) is 111 cm³/mol. The number of hydrogen-bond acceptors (Lipinski definition) is 3. The number of hydrogen-bond donors (Lipinski definition) is 1. The maximum atomic E-state index is 12.6. The Morgan fingerprint density at radius 3 is 2.32 bits per heavy atom. The quantitative estimate of drug-likeness (QED) is 0.475. The van der Waals surface area contributed by atoms with Gasteiger partial charge in [-0.1, -0.05) is 30.4 Å². The lowest BCUT2D eigenvalue weighted by Crippen LogP contribution is -2.18. The van der Waals surface area contributed by atoms with E-state index >= 15 is 0 Å². The lowest BCUT2D eigenvalue weighted by Gasteiger charge is -2.13. The van der Waals surface area contributed by atoms with E-state index in [9.17, 15) is 4.39 Å². The number of benzene rings is 2. The monoisotopic (exact) mass is 451 g/mol. The summed E-state index contributed by atoms with van der Waals surface area (Å²) >= 11 is 2.20. The Morgan fingerprint density at radius 2 is 1.76 bits per heavy atom. The first-order valence-corrected chi connectivity index (χ1v) is 9.16. The summed E-state index contributed by atoms with van der Waals surface area (Å²) in [7, 11) is 4.04. The molecule has 0 saturated heterocycles. The second-order valence-electron chi connectivity index (χ2n) is 6.02. The standard InChI is InChI=1S/C20H23FINO2/c1-23(2)18-8-5-15(6-9-18)3-4-16-7-10-20(19(22)11-16)25-14-17(12-21)13-24/h3-11,17,24H,12-14H2,1-2H3/b4-3+/i22-4. The summed E-state index contributed by atoms with van der Waals surface area (Å²) in [6.07, 6.45) is 4.12. The molecule has 0 spiro atoms. The molecule has 2 aromatic carbocycles. The molecule has 0 amide bonds. The molecule has 0 aliphatic carbocycles. The fourth-order valence-corrected chi connectivity index (χ4v) is 2.86. The van der Waals surface area contributed by atoms with Crippen LogP contribution in [0, 0.1) is 9.49 Å². The molecule has 3 nitrogen and oxygen atoms in total. The van der Waals surface area contributed by atoms with Gasteiger partial charge in [0.25, 0.3) is 0 Å². The van der Waals surface area contributed by atoms with Crippen molar-refractivity contribution in [3.8, 4) is 5.75 Å². The summed E-state index contributed by atoms with van der Waals surface area (Å²) in [6, 6.07) is 14.2. The molecule has 5 heteroatoms. The summed E-state index contributed by atoms with van der Waals surface area (Å²) in [4.78, 5) is 2.07. The lowest BCUT2D eigenvalue weighted by molar-refractivity contribution is 0.139. The fraction of sp³-hybridized carbons (Fsp3) is 0.300. The maximum absolute atomic E-state index is 12.6. The van der Waals surface area contributed by atoms with Gasteiger partial charge in [0, 0.05) is 25.7 Å². The van der Waals surface area contributed by atoms with Gasteiger partial charge in [0.15, 0.2) is 0 Å². The molecule has 2 rings (SSSR count). The van der Waals surface area contributed by atoms with Gasteiger partial charge in [-0.05, 0) is 58.0 Å². The van der Waals surface area contributed by atoms with Gasteiger partial charge in [-0.15, -0.1) is 0 Å². The Hall–Kier alpha value is -1.60. The van der Waals surface area contributed by atoms with Gasteiger partial charge in [-0.2, -0.15) is 0 Å². The van der Waals surface area contributed by atoms with Crippen LogP contribution in [0.25, 0.3) is 12.2 Å². The molecule has 0 aliphatic heterocycles. The van der Waals surface area contributed by atoms with E-state index in [4.69, 9.17) is 9.84 Å². The van der Waals surface area contributed by atoms with Crippen LogP contribution in [0.5, 0.6) is 5.75 Å². The second kappa shape index (κ2) is 9.77. The molecule has 0 saturated carbocycles. The number of halogens is 2. The largest absolute Gasteiger partial charge is 0.492 e. The number of aliphatic hydroxyl groups is 1. The molecule has 1 unspecified atom stereocenters. The molecular weight excluding hydrogens is 428 g/mol. The molecule has 0 fully saturated rings. The highest BCUT2D eigenvalue weighted by Gasteiger charge is 2.09. The zero-order valence-electron chi connectivity index (χ0n) is 14.5. The second-order valence-corrected chi connectivity index (χ2v) is 7.19. The summed E-state index contributed by atoms with van der Waals surface area (Å²) < 4.78 is 19.2. The van der Waals surface area contributed by atoms with Crippen LogP contribution in [0.15, 0.2) is 42.5 Å². The van der Waals surface area contributed by atoms with E-state index in [0.29, 0.717) is 5.75 Å². The van der Waals surface area contributed by atoms with Crippen molar-refractivity contribution in [3.05, 3.63) is 57.2 Å². The first-order chi connectivity index (χ1) is 12.0. The molecular formula is C20H23FINO2. The highest BCUT2D eigenvalue weighted by atomic mass is 123. The van der Waals surface area contributed by atoms with Gasteiger partial charge in [0.1, 0.15) is 5.75 Å². The average molecular weight is 451 g/mol. The number of nitrogens with zero attached hydrogens (tertiary/aromatic N) is 1. The summed E-state index contributed by atoms with van der Waals surface area (Å²) in [5.74, 6) is 0.237. The van der Waals surface area contributed by atoms with Gasteiger partial charge in [-0.3, -0.25) is 4.39 Å². The molecule has 0 aromatic heterocycles. The van der Waals surface area contributed by atoms with Crippen molar-refractivity contribution >= 4 is 40.4 Å². The fourth-order valence-electron chi connectivity index (χ4n) is 2.17. The van der Waals surface area contributed by atoms with Crippen molar-refractivity contribution in [1.82, 2.24) is 0 Å². The van der Waals surface area contributed by atoms with Gasteiger partial charge in [-0.25, -0.2) is 0 Å². The van der Waals surface area contributed by atoms with Crippen molar-refractivity contribution in [2.75, 3.05) is 38.9 Å². The Bertz CT molecular complexity index is 697. The maximum Gasteiger partial charge on any atom is 0.132 e. The SMILES string of the molecule is CN(C)c1ccc(/C=C/c2ccc(OCC(CO)CF)c([123I])c2)cc1. The minimum Gasteiger partial charge on any atom is -0.492 e. The normalized spacial score (nSPS) is 12.4. The van der Waals surface area contributed by atoms with Crippen LogP contribution in [0.4, 0.5) is 10.1 Å². The van der Waals surface area contributed by atoms with E-state index in [1.807, 2.05) is 32.3 Å². The van der Waals surface area contributed by atoms with Crippen LogP contribution in [0.3, 0.4) is 0 Å². The van der Waals surface area contributed by atoms with Gasteiger partial charge in [0.05, 0.1) is 23.5 Å². The van der Waals surface area contributed by atoms with Crippen LogP contribution in [0.2, 0.25) is 0 Å². The van der Waals surface area contributed by atoms with E-state index < -0.39 is 12.6 Å². The van der Waals surface area contributed by atoms with E-state index in [-0.39, 0.29) is 13.2 Å². The Kier molecular flexibility index (Phi) is 7.71. The first-order valence-electron chi connectivity index (χ1n) is 8.08. The van der Waals surface area contributed by atoms with Gasteiger partial charge < -0.3 is 14.7 Å². The predicted octanol–water partition coefficient (Wildman–Crippen LogP) is 4.48. The summed E-state index contributed by atoms with van der Waals surface area (Å²) in [6.45, 7) is -0.614. The molecule has 134 valence electrons. The van der Waals surface area contributed by atoms with Crippen molar-refractivity contribution in [3.63, 3.8) is 0 Å². The van der Waals surface area contributed by atoms with Crippen LogP contribution in [0.1, 0.15) is 11.1 Å². The van der Waals surface area contributed by atoms with E-state index in [1.165, 1.54) is 5.69 Å². The van der Waals surface area contributed by atoms with Crippen molar-refractivity contribution in [1.29, 1.82) is 0 Å². The number of alkyl halides is 1. The van der Waals surface area contributed by atoms with Gasteiger partial charge >= 0.3 is 0 Å². The molecule has 0 aliphatic rings.